The lowest BCUT2D eigenvalue weighted by Crippen LogP contribution is -2.22. The fourth-order valence-corrected chi connectivity index (χ4v) is 2.81. The van der Waals surface area contributed by atoms with Gasteiger partial charge in [0.25, 0.3) is 0 Å². The minimum Gasteiger partial charge on any atom is -0.383 e. The molecule has 0 aliphatic heterocycles. The maximum absolute atomic E-state index is 5.42. The molecule has 0 amide bonds. The molecule has 0 saturated heterocycles. The van der Waals surface area contributed by atoms with Crippen molar-refractivity contribution in [2.75, 3.05) is 24.5 Å². The van der Waals surface area contributed by atoms with Gasteiger partial charge in [-0.15, -0.1) is 11.3 Å². The number of anilines is 2. The number of aromatic nitrogens is 2. The van der Waals surface area contributed by atoms with E-state index in [1.165, 1.54) is 4.88 Å². The molecular formula is C12H19N5OS. The van der Waals surface area contributed by atoms with Crippen LogP contribution in [0.25, 0.3) is 10.2 Å². The highest BCUT2D eigenvalue weighted by atomic mass is 32.1. The van der Waals surface area contributed by atoms with E-state index >= 15 is 0 Å². The van der Waals surface area contributed by atoms with Crippen molar-refractivity contribution in [1.82, 2.24) is 9.97 Å². The number of rotatable bonds is 6. The Morgan fingerprint density at radius 3 is 2.89 bits per heavy atom. The zero-order chi connectivity index (χ0) is 13.8. The van der Waals surface area contributed by atoms with Crippen LogP contribution in [0.4, 0.5) is 11.8 Å². The minimum atomic E-state index is 0.165. The molecule has 19 heavy (non-hydrogen) atoms. The summed E-state index contributed by atoms with van der Waals surface area (Å²) in [4.78, 5) is 11.0. The Balaban J connectivity index is 2.41. The summed E-state index contributed by atoms with van der Waals surface area (Å²) >= 11 is 1.66. The first-order valence-corrected chi connectivity index (χ1v) is 7.02. The largest absolute Gasteiger partial charge is 0.383 e. The van der Waals surface area contributed by atoms with Gasteiger partial charge in [0.2, 0.25) is 5.95 Å². The minimum absolute atomic E-state index is 0.165. The predicted molar refractivity (Wildman–Crippen MR) is 79.6 cm³/mol. The second-order valence-electron chi connectivity index (χ2n) is 4.33. The molecule has 4 N–H and O–H groups in total. The zero-order valence-electron chi connectivity index (χ0n) is 11.4. The van der Waals surface area contributed by atoms with E-state index in [1.807, 2.05) is 6.92 Å². The van der Waals surface area contributed by atoms with E-state index in [-0.39, 0.29) is 6.04 Å². The molecule has 2 rings (SSSR count). The smallest absolute Gasteiger partial charge is 0.240 e. The molecule has 0 fully saturated rings. The summed E-state index contributed by atoms with van der Waals surface area (Å²) in [5.41, 5.74) is 2.51. The summed E-state index contributed by atoms with van der Waals surface area (Å²) in [6.45, 7) is 4.78. The number of thiophene rings is 1. The van der Waals surface area contributed by atoms with E-state index in [0.29, 0.717) is 12.6 Å². The van der Waals surface area contributed by atoms with Gasteiger partial charge in [0.05, 0.1) is 12.0 Å². The first kappa shape index (κ1) is 14.0. The van der Waals surface area contributed by atoms with Crippen molar-refractivity contribution in [1.29, 1.82) is 0 Å². The Labute approximate surface area is 116 Å². The summed E-state index contributed by atoms with van der Waals surface area (Å²) in [5, 5.41) is 4.36. The van der Waals surface area contributed by atoms with Crippen LogP contribution in [0.15, 0.2) is 6.07 Å². The van der Waals surface area contributed by atoms with Gasteiger partial charge in [-0.3, -0.25) is 5.43 Å². The van der Waals surface area contributed by atoms with Gasteiger partial charge in [0.15, 0.2) is 0 Å². The molecule has 0 aromatic carbocycles. The first-order chi connectivity index (χ1) is 9.17. The molecule has 2 aromatic rings. The molecule has 0 aliphatic carbocycles. The normalized spacial score (nSPS) is 12.6. The van der Waals surface area contributed by atoms with Crippen LogP contribution < -0.4 is 16.6 Å². The number of nitrogen functional groups attached to an aromatic ring is 1. The highest BCUT2D eigenvalue weighted by Crippen LogP contribution is 2.30. The molecule has 0 radical (unpaired) electrons. The van der Waals surface area contributed by atoms with Crippen LogP contribution in [0.5, 0.6) is 0 Å². The van der Waals surface area contributed by atoms with E-state index in [0.717, 1.165) is 22.5 Å². The number of nitrogens with one attached hydrogen (secondary N) is 2. The Bertz CT molecular complexity index is 556. The van der Waals surface area contributed by atoms with E-state index in [4.69, 9.17) is 10.6 Å². The predicted octanol–water partition coefficient (Wildman–Crippen LogP) is 1.99. The van der Waals surface area contributed by atoms with Gasteiger partial charge in [-0.25, -0.2) is 10.8 Å². The van der Waals surface area contributed by atoms with E-state index < -0.39 is 0 Å². The summed E-state index contributed by atoms with van der Waals surface area (Å²) in [5.74, 6) is 6.63. The van der Waals surface area contributed by atoms with E-state index in [1.54, 1.807) is 18.4 Å². The third-order valence-corrected chi connectivity index (χ3v) is 3.89. The molecule has 7 heteroatoms. The van der Waals surface area contributed by atoms with Gasteiger partial charge in [-0.1, -0.05) is 6.92 Å². The molecule has 1 unspecified atom stereocenters. The third-order valence-electron chi connectivity index (χ3n) is 2.72. The molecular weight excluding hydrogens is 262 g/mol. The summed E-state index contributed by atoms with van der Waals surface area (Å²) in [7, 11) is 1.68. The lowest BCUT2D eigenvalue weighted by atomic mass is 10.3. The molecule has 0 spiro atoms. The molecule has 0 saturated carbocycles. The maximum Gasteiger partial charge on any atom is 0.240 e. The fraction of sp³-hybridized carbons (Fsp3) is 0.500. The van der Waals surface area contributed by atoms with Crippen molar-refractivity contribution >= 4 is 33.3 Å². The van der Waals surface area contributed by atoms with Crippen LogP contribution in [0, 0.1) is 0 Å². The highest BCUT2D eigenvalue weighted by molar-refractivity contribution is 7.18. The Morgan fingerprint density at radius 1 is 1.47 bits per heavy atom. The lowest BCUT2D eigenvalue weighted by molar-refractivity contribution is 0.190. The van der Waals surface area contributed by atoms with Gasteiger partial charge < -0.3 is 10.1 Å². The molecule has 6 nitrogen and oxygen atoms in total. The zero-order valence-corrected chi connectivity index (χ0v) is 12.2. The van der Waals surface area contributed by atoms with Crippen molar-refractivity contribution < 1.29 is 4.74 Å². The highest BCUT2D eigenvalue weighted by Gasteiger charge is 2.12. The maximum atomic E-state index is 5.42. The van der Waals surface area contributed by atoms with Crippen molar-refractivity contribution in [3.8, 4) is 0 Å². The van der Waals surface area contributed by atoms with Gasteiger partial charge in [-0.2, -0.15) is 4.98 Å². The Hall–Kier alpha value is -1.44. The molecule has 104 valence electrons. The van der Waals surface area contributed by atoms with Crippen LogP contribution in [0.1, 0.15) is 18.7 Å². The number of nitrogens with two attached hydrogens (primary N) is 1. The van der Waals surface area contributed by atoms with Crippen LogP contribution in [0.3, 0.4) is 0 Å². The van der Waals surface area contributed by atoms with Crippen molar-refractivity contribution in [2.24, 2.45) is 5.84 Å². The number of hydrogen-bond donors (Lipinski definition) is 3. The third kappa shape index (κ3) is 3.12. The van der Waals surface area contributed by atoms with Crippen molar-refractivity contribution in [3.05, 3.63) is 10.9 Å². The lowest BCUT2D eigenvalue weighted by Gasteiger charge is -2.14. The summed E-state index contributed by atoms with van der Waals surface area (Å²) < 4.78 is 5.13. The van der Waals surface area contributed by atoms with Gasteiger partial charge in [0, 0.05) is 18.0 Å². The van der Waals surface area contributed by atoms with Crippen LogP contribution in [-0.2, 0) is 11.2 Å². The number of hydrazine groups is 1. The van der Waals surface area contributed by atoms with E-state index in [2.05, 4.69) is 33.7 Å². The molecule has 0 bridgehead atoms. The average Bonchev–Trinajstić information content (AvgIpc) is 2.82. The van der Waals surface area contributed by atoms with Gasteiger partial charge >= 0.3 is 0 Å². The number of fused-ring (bicyclic) bond motifs is 1. The number of ether oxygens (including phenoxy) is 1. The van der Waals surface area contributed by atoms with Gasteiger partial charge in [0.1, 0.15) is 10.6 Å². The topological polar surface area (TPSA) is 85.1 Å². The van der Waals surface area contributed by atoms with Crippen LogP contribution in [-0.4, -0.2) is 29.7 Å². The molecule has 2 aromatic heterocycles. The fourth-order valence-electron chi connectivity index (χ4n) is 1.85. The number of nitrogens with zero attached hydrogens (tertiary/aromatic N) is 2. The summed E-state index contributed by atoms with van der Waals surface area (Å²) in [6.07, 6.45) is 0.986. The molecule has 1 atom stereocenters. The van der Waals surface area contributed by atoms with Crippen molar-refractivity contribution in [2.45, 2.75) is 26.3 Å². The van der Waals surface area contributed by atoms with Crippen LogP contribution >= 0.6 is 11.3 Å². The molecule has 2 heterocycles. The number of methoxy groups -OCH3 is 1. The number of hydrogen-bond acceptors (Lipinski definition) is 7. The van der Waals surface area contributed by atoms with E-state index in [9.17, 15) is 0 Å². The molecule has 0 aliphatic rings. The van der Waals surface area contributed by atoms with Crippen LogP contribution in [0.2, 0.25) is 0 Å². The Morgan fingerprint density at radius 2 is 2.26 bits per heavy atom. The second kappa shape index (κ2) is 6.14. The average molecular weight is 281 g/mol. The number of aryl methyl sites for hydroxylation is 1. The second-order valence-corrected chi connectivity index (χ2v) is 5.44. The first-order valence-electron chi connectivity index (χ1n) is 6.20. The monoisotopic (exact) mass is 281 g/mol. The standard InChI is InChI=1S/C12H19N5OS/c1-4-8-5-9-10(14-7(2)6-18-3)15-12(17-13)16-11(9)19-8/h5,7H,4,6,13H2,1-3H3,(H2,14,15,16,17). The summed E-state index contributed by atoms with van der Waals surface area (Å²) in [6, 6.07) is 2.29. The van der Waals surface area contributed by atoms with Gasteiger partial charge in [-0.05, 0) is 19.4 Å². The Kier molecular flexibility index (Phi) is 4.52. The SMILES string of the molecule is CCc1cc2c(NC(C)COC)nc(NN)nc2s1. The quantitative estimate of drug-likeness (QED) is 0.554. The van der Waals surface area contributed by atoms with Crippen molar-refractivity contribution in [3.63, 3.8) is 0 Å².